The molecule has 0 spiro atoms. The molecule has 0 saturated carbocycles. The molecule has 0 saturated heterocycles. The van der Waals surface area contributed by atoms with Crippen molar-refractivity contribution in [3.05, 3.63) is 65.2 Å². The molecular formula is C17H19NO3S. The van der Waals surface area contributed by atoms with Crippen molar-refractivity contribution in [1.82, 2.24) is 4.72 Å². The van der Waals surface area contributed by atoms with Crippen molar-refractivity contribution in [2.24, 2.45) is 0 Å². The molecule has 0 aromatic heterocycles. The molecular weight excluding hydrogens is 298 g/mol. The van der Waals surface area contributed by atoms with Crippen LogP contribution in [0.1, 0.15) is 16.7 Å². The van der Waals surface area contributed by atoms with Crippen LogP contribution >= 0.6 is 0 Å². The Labute approximate surface area is 131 Å². The first-order valence-corrected chi connectivity index (χ1v) is 8.94. The summed E-state index contributed by atoms with van der Waals surface area (Å²) < 4.78 is 33.1. The topological polar surface area (TPSA) is 55.4 Å². The molecule has 5 heteroatoms. The molecule has 0 radical (unpaired) electrons. The van der Waals surface area contributed by atoms with Crippen LogP contribution in [0.25, 0.3) is 0 Å². The number of sulfonamides is 1. The molecule has 3 rings (SSSR count). The van der Waals surface area contributed by atoms with E-state index in [9.17, 15) is 8.42 Å². The summed E-state index contributed by atoms with van der Waals surface area (Å²) in [5.74, 6) is 0.842. The minimum atomic E-state index is -3.39. The Balaban J connectivity index is 1.69. The van der Waals surface area contributed by atoms with Gasteiger partial charge >= 0.3 is 0 Å². The summed E-state index contributed by atoms with van der Waals surface area (Å²) in [6.45, 7) is 2.29. The third-order valence-electron chi connectivity index (χ3n) is 3.83. The van der Waals surface area contributed by atoms with E-state index in [1.165, 1.54) is 0 Å². The van der Waals surface area contributed by atoms with E-state index in [0.717, 1.165) is 22.4 Å². The SMILES string of the molecule is Cc1ccccc1CS(=O)(=O)NC1COc2ccccc2C1. The highest BCUT2D eigenvalue weighted by atomic mass is 32.2. The number of nitrogens with one attached hydrogen (secondary N) is 1. The highest BCUT2D eigenvalue weighted by Gasteiger charge is 2.24. The standard InChI is InChI=1S/C17H19NO3S/c1-13-6-2-3-8-15(13)12-22(19,20)18-16-10-14-7-4-5-9-17(14)21-11-16/h2-9,16,18H,10-12H2,1H3. The zero-order valence-electron chi connectivity index (χ0n) is 12.5. The Kier molecular flexibility index (Phi) is 4.18. The smallest absolute Gasteiger partial charge is 0.216 e. The molecule has 22 heavy (non-hydrogen) atoms. The van der Waals surface area contributed by atoms with Crippen molar-refractivity contribution in [3.63, 3.8) is 0 Å². The van der Waals surface area contributed by atoms with Gasteiger partial charge in [0.1, 0.15) is 12.4 Å². The third-order valence-corrected chi connectivity index (χ3v) is 5.22. The number of hydrogen-bond acceptors (Lipinski definition) is 3. The second kappa shape index (κ2) is 6.10. The van der Waals surface area contributed by atoms with Crippen LogP contribution in [0.5, 0.6) is 5.75 Å². The summed E-state index contributed by atoms with van der Waals surface area (Å²) in [7, 11) is -3.39. The second-order valence-corrected chi connectivity index (χ2v) is 7.38. The maximum absolute atomic E-state index is 12.4. The molecule has 1 aliphatic heterocycles. The van der Waals surface area contributed by atoms with Crippen LogP contribution in [-0.2, 0) is 22.2 Å². The van der Waals surface area contributed by atoms with Crippen molar-refractivity contribution in [1.29, 1.82) is 0 Å². The van der Waals surface area contributed by atoms with E-state index in [1.54, 1.807) is 0 Å². The normalized spacial score (nSPS) is 17.6. The largest absolute Gasteiger partial charge is 0.492 e. The molecule has 2 aromatic carbocycles. The van der Waals surface area contributed by atoms with Crippen LogP contribution in [0.15, 0.2) is 48.5 Å². The maximum atomic E-state index is 12.4. The van der Waals surface area contributed by atoms with Gasteiger partial charge in [-0.1, -0.05) is 42.5 Å². The van der Waals surface area contributed by atoms with E-state index in [0.29, 0.717) is 13.0 Å². The third kappa shape index (κ3) is 3.48. The molecule has 0 aliphatic carbocycles. The second-order valence-electron chi connectivity index (χ2n) is 5.62. The van der Waals surface area contributed by atoms with Crippen molar-refractivity contribution >= 4 is 10.0 Å². The first kappa shape index (κ1) is 15.1. The first-order valence-electron chi connectivity index (χ1n) is 7.29. The molecule has 1 atom stereocenters. The molecule has 1 N–H and O–H groups in total. The lowest BCUT2D eigenvalue weighted by molar-refractivity contribution is 0.254. The van der Waals surface area contributed by atoms with Gasteiger partial charge in [-0.25, -0.2) is 13.1 Å². The fraction of sp³-hybridized carbons (Fsp3) is 0.294. The van der Waals surface area contributed by atoms with Crippen LogP contribution < -0.4 is 9.46 Å². The van der Waals surface area contributed by atoms with E-state index >= 15 is 0 Å². The molecule has 116 valence electrons. The van der Waals surface area contributed by atoms with Gasteiger partial charge in [-0.3, -0.25) is 0 Å². The fourth-order valence-corrected chi connectivity index (χ4v) is 4.15. The quantitative estimate of drug-likeness (QED) is 0.942. The van der Waals surface area contributed by atoms with Crippen molar-refractivity contribution in [2.45, 2.75) is 25.1 Å². The molecule has 4 nitrogen and oxygen atoms in total. The lowest BCUT2D eigenvalue weighted by atomic mass is 10.0. The van der Waals surface area contributed by atoms with Crippen LogP contribution in [0, 0.1) is 6.92 Å². The number of fused-ring (bicyclic) bond motifs is 1. The van der Waals surface area contributed by atoms with Gasteiger partial charge in [0.15, 0.2) is 0 Å². The average molecular weight is 317 g/mol. The Morgan fingerprint density at radius 3 is 2.68 bits per heavy atom. The van der Waals surface area contributed by atoms with Crippen LogP contribution in [0.3, 0.4) is 0 Å². The van der Waals surface area contributed by atoms with E-state index in [2.05, 4.69) is 4.72 Å². The summed E-state index contributed by atoms with van der Waals surface area (Å²) in [4.78, 5) is 0. The van der Waals surface area contributed by atoms with Crippen LogP contribution in [-0.4, -0.2) is 21.1 Å². The van der Waals surface area contributed by atoms with Gasteiger partial charge < -0.3 is 4.74 Å². The predicted molar refractivity (Wildman–Crippen MR) is 86.4 cm³/mol. The van der Waals surface area contributed by atoms with Gasteiger partial charge in [0, 0.05) is 0 Å². The Bertz CT molecular complexity index is 771. The molecule has 1 aliphatic rings. The van der Waals surface area contributed by atoms with Gasteiger partial charge in [-0.2, -0.15) is 0 Å². The number of aryl methyl sites for hydroxylation is 1. The van der Waals surface area contributed by atoms with E-state index in [-0.39, 0.29) is 11.8 Å². The fourth-order valence-electron chi connectivity index (χ4n) is 2.68. The molecule has 0 fully saturated rings. The zero-order chi connectivity index (χ0) is 15.6. The zero-order valence-corrected chi connectivity index (χ0v) is 13.3. The Morgan fingerprint density at radius 2 is 1.86 bits per heavy atom. The van der Waals surface area contributed by atoms with E-state index in [4.69, 9.17) is 4.74 Å². The molecule has 2 aromatic rings. The summed E-state index contributed by atoms with van der Waals surface area (Å²) in [6.07, 6.45) is 0.656. The maximum Gasteiger partial charge on any atom is 0.216 e. The van der Waals surface area contributed by atoms with E-state index < -0.39 is 10.0 Å². The van der Waals surface area contributed by atoms with Crippen LogP contribution in [0.4, 0.5) is 0 Å². The van der Waals surface area contributed by atoms with Crippen molar-refractivity contribution < 1.29 is 13.2 Å². The van der Waals surface area contributed by atoms with Crippen molar-refractivity contribution in [2.75, 3.05) is 6.61 Å². The molecule has 1 heterocycles. The summed E-state index contributed by atoms with van der Waals surface area (Å²) >= 11 is 0. The summed E-state index contributed by atoms with van der Waals surface area (Å²) in [5, 5.41) is 0. The van der Waals surface area contributed by atoms with Crippen LogP contribution in [0.2, 0.25) is 0 Å². The van der Waals surface area contributed by atoms with Gasteiger partial charge in [0.25, 0.3) is 0 Å². The first-order chi connectivity index (χ1) is 10.5. The lowest BCUT2D eigenvalue weighted by Crippen LogP contribution is -2.43. The highest BCUT2D eigenvalue weighted by Crippen LogP contribution is 2.24. The Hall–Kier alpha value is -1.85. The number of para-hydroxylation sites is 1. The summed E-state index contributed by atoms with van der Waals surface area (Å²) in [5.41, 5.74) is 2.85. The van der Waals surface area contributed by atoms with Gasteiger partial charge in [-0.05, 0) is 36.1 Å². The lowest BCUT2D eigenvalue weighted by Gasteiger charge is -2.26. The number of benzene rings is 2. The Morgan fingerprint density at radius 1 is 1.14 bits per heavy atom. The molecule has 0 amide bonds. The molecule has 1 unspecified atom stereocenters. The highest BCUT2D eigenvalue weighted by molar-refractivity contribution is 7.88. The number of hydrogen-bond donors (Lipinski definition) is 1. The average Bonchev–Trinajstić information content (AvgIpc) is 2.49. The molecule has 0 bridgehead atoms. The number of rotatable bonds is 4. The number of ether oxygens (including phenoxy) is 1. The van der Waals surface area contributed by atoms with Gasteiger partial charge in [0.2, 0.25) is 10.0 Å². The van der Waals surface area contributed by atoms with E-state index in [1.807, 2.05) is 55.5 Å². The monoisotopic (exact) mass is 317 g/mol. The van der Waals surface area contributed by atoms with Gasteiger partial charge in [0.05, 0.1) is 11.8 Å². The van der Waals surface area contributed by atoms with Gasteiger partial charge in [-0.15, -0.1) is 0 Å². The predicted octanol–water partition coefficient (Wildman–Crippen LogP) is 2.42. The minimum Gasteiger partial charge on any atom is -0.492 e. The summed E-state index contributed by atoms with van der Waals surface area (Å²) in [6, 6.07) is 15.1. The minimum absolute atomic E-state index is 0.00216. The van der Waals surface area contributed by atoms with Crippen molar-refractivity contribution in [3.8, 4) is 5.75 Å².